The molecule has 0 aliphatic heterocycles. The molecule has 1 aliphatic rings. The maximum atomic E-state index is 11.6. The van der Waals surface area contributed by atoms with Gasteiger partial charge in [0, 0.05) is 5.92 Å². The van der Waals surface area contributed by atoms with E-state index in [1.807, 2.05) is 12.1 Å². The topological polar surface area (TPSA) is 63.8 Å². The molecule has 2 aromatic heterocycles. The highest BCUT2D eigenvalue weighted by molar-refractivity contribution is 5.05. The van der Waals surface area contributed by atoms with Crippen LogP contribution >= 0.6 is 0 Å². The summed E-state index contributed by atoms with van der Waals surface area (Å²) < 4.78 is 6.92. The van der Waals surface area contributed by atoms with Crippen LogP contribution in [0.15, 0.2) is 27.6 Å². The van der Waals surface area contributed by atoms with Gasteiger partial charge in [-0.25, -0.2) is 9.89 Å². The van der Waals surface area contributed by atoms with E-state index in [1.54, 1.807) is 10.8 Å². The second-order valence-electron chi connectivity index (χ2n) is 4.18. The van der Waals surface area contributed by atoms with Crippen LogP contribution in [0, 0.1) is 0 Å². The van der Waals surface area contributed by atoms with E-state index in [0.29, 0.717) is 12.5 Å². The van der Waals surface area contributed by atoms with Crippen molar-refractivity contribution in [3.63, 3.8) is 0 Å². The van der Waals surface area contributed by atoms with Crippen molar-refractivity contribution in [1.82, 2.24) is 14.8 Å². The van der Waals surface area contributed by atoms with Gasteiger partial charge in [0.15, 0.2) is 0 Å². The quantitative estimate of drug-likeness (QED) is 0.850. The van der Waals surface area contributed by atoms with E-state index in [-0.39, 0.29) is 5.69 Å². The molecule has 0 spiro atoms. The molecule has 1 fully saturated rings. The average Bonchev–Trinajstić information content (AvgIpc) is 2.80. The molecule has 2 heterocycles. The lowest BCUT2D eigenvalue weighted by molar-refractivity contribution is 0.382. The highest BCUT2D eigenvalue weighted by atomic mass is 16.3. The van der Waals surface area contributed by atoms with Gasteiger partial charge in [0.25, 0.3) is 0 Å². The Kier molecular flexibility index (Phi) is 2.16. The van der Waals surface area contributed by atoms with Gasteiger partial charge < -0.3 is 4.42 Å². The number of aromatic nitrogens is 3. The number of rotatable bonds is 3. The predicted octanol–water partition coefficient (Wildman–Crippen LogP) is 1.48. The van der Waals surface area contributed by atoms with Crippen molar-refractivity contribution < 1.29 is 4.42 Å². The minimum atomic E-state index is -0.154. The molecule has 0 unspecified atom stereocenters. The first-order valence-electron chi connectivity index (χ1n) is 5.52. The molecular weight excluding hydrogens is 206 g/mol. The first-order valence-corrected chi connectivity index (χ1v) is 5.52. The fourth-order valence-corrected chi connectivity index (χ4v) is 2.02. The maximum absolute atomic E-state index is 11.6. The Labute approximate surface area is 92.1 Å². The molecule has 16 heavy (non-hydrogen) atoms. The molecule has 1 saturated carbocycles. The van der Waals surface area contributed by atoms with Crippen molar-refractivity contribution in [3.05, 3.63) is 40.5 Å². The summed E-state index contributed by atoms with van der Waals surface area (Å²) in [5.41, 5.74) is -0.154. The van der Waals surface area contributed by atoms with Crippen molar-refractivity contribution in [2.24, 2.45) is 0 Å². The Balaban J connectivity index is 1.92. The third kappa shape index (κ3) is 1.48. The zero-order valence-electron chi connectivity index (χ0n) is 8.85. The molecule has 0 bridgehead atoms. The Morgan fingerprint density at radius 2 is 2.44 bits per heavy atom. The summed E-state index contributed by atoms with van der Waals surface area (Å²) in [5.74, 6) is 2.09. The third-order valence-corrected chi connectivity index (χ3v) is 3.15. The maximum Gasteiger partial charge on any atom is 0.343 e. The Morgan fingerprint density at radius 1 is 1.56 bits per heavy atom. The second kappa shape index (κ2) is 3.66. The summed E-state index contributed by atoms with van der Waals surface area (Å²) in [4.78, 5) is 11.6. The fourth-order valence-electron chi connectivity index (χ4n) is 2.02. The molecule has 1 N–H and O–H groups in total. The number of furan rings is 1. The van der Waals surface area contributed by atoms with E-state index in [9.17, 15) is 4.79 Å². The fraction of sp³-hybridized carbons (Fsp3) is 0.455. The van der Waals surface area contributed by atoms with Crippen molar-refractivity contribution in [3.8, 4) is 0 Å². The molecular formula is C11H13N3O2. The molecule has 2 aromatic rings. The summed E-state index contributed by atoms with van der Waals surface area (Å²) in [6.45, 7) is 0.466. The number of H-pyrrole nitrogens is 1. The predicted molar refractivity (Wildman–Crippen MR) is 57.2 cm³/mol. The number of nitrogens with zero attached hydrogens (tertiary/aromatic N) is 2. The first kappa shape index (κ1) is 9.45. The van der Waals surface area contributed by atoms with E-state index in [1.165, 1.54) is 6.42 Å². The van der Waals surface area contributed by atoms with Crippen LogP contribution in [0.4, 0.5) is 0 Å². The minimum absolute atomic E-state index is 0.154. The van der Waals surface area contributed by atoms with Crippen LogP contribution in [-0.4, -0.2) is 14.8 Å². The Bertz CT molecular complexity index is 520. The van der Waals surface area contributed by atoms with Crippen LogP contribution in [0.25, 0.3) is 0 Å². The van der Waals surface area contributed by atoms with Gasteiger partial charge in [0.1, 0.15) is 11.6 Å². The molecule has 0 amide bonds. The van der Waals surface area contributed by atoms with Crippen LogP contribution in [0.5, 0.6) is 0 Å². The summed E-state index contributed by atoms with van der Waals surface area (Å²) in [5, 5.41) is 6.62. The number of hydrogen-bond donors (Lipinski definition) is 1. The molecule has 5 nitrogen and oxygen atoms in total. The zero-order chi connectivity index (χ0) is 11.0. The Hall–Kier alpha value is -1.78. The van der Waals surface area contributed by atoms with E-state index in [4.69, 9.17) is 4.42 Å². The van der Waals surface area contributed by atoms with Gasteiger partial charge in [-0.1, -0.05) is 6.42 Å². The minimum Gasteiger partial charge on any atom is -0.467 e. The molecule has 0 saturated heterocycles. The molecule has 84 valence electrons. The van der Waals surface area contributed by atoms with Crippen molar-refractivity contribution in [2.45, 2.75) is 31.7 Å². The Morgan fingerprint density at radius 3 is 3.06 bits per heavy atom. The molecule has 0 aromatic carbocycles. The molecule has 5 heteroatoms. The van der Waals surface area contributed by atoms with Crippen LogP contribution in [-0.2, 0) is 6.54 Å². The number of nitrogens with one attached hydrogen (secondary N) is 1. The van der Waals surface area contributed by atoms with Crippen LogP contribution in [0.3, 0.4) is 0 Å². The lowest BCUT2D eigenvalue weighted by atomic mass is 9.85. The van der Waals surface area contributed by atoms with Gasteiger partial charge >= 0.3 is 5.69 Å². The van der Waals surface area contributed by atoms with Gasteiger partial charge in [-0.3, -0.25) is 4.57 Å². The van der Waals surface area contributed by atoms with Gasteiger partial charge in [0.2, 0.25) is 0 Å². The summed E-state index contributed by atoms with van der Waals surface area (Å²) in [6, 6.07) is 3.69. The largest absolute Gasteiger partial charge is 0.467 e. The summed E-state index contributed by atoms with van der Waals surface area (Å²) in [6.07, 6.45) is 5.10. The first-order chi connectivity index (χ1) is 7.84. The second-order valence-corrected chi connectivity index (χ2v) is 4.18. The summed E-state index contributed by atoms with van der Waals surface area (Å²) in [7, 11) is 0. The van der Waals surface area contributed by atoms with E-state index >= 15 is 0 Å². The third-order valence-electron chi connectivity index (χ3n) is 3.15. The van der Waals surface area contributed by atoms with Gasteiger partial charge in [-0.05, 0) is 25.0 Å². The highest BCUT2D eigenvalue weighted by Gasteiger charge is 2.25. The van der Waals surface area contributed by atoms with Gasteiger partial charge in [0.05, 0.1) is 12.8 Å². The van der Waals surface area contributed by atoms with Crippen LogP contribution in [0.1, 0.15) is 36.8 Å². The number of hydrogen-bond acceptors (Lipinski definition) is 3. The average molecular weight is 219 g/mol. The monoisotopic (exact) mass is 219 g/mol. The summed E-state index contributed by atoms with van der Waals surface area (Å²) >= 11 is 0. The number of aromatic amines is 1. The van der Waals surface area contributed by atoms with Crippen LogP contribution in [0.2, 0.25) is 0 Å². The normalized spacial score (nSPS) is 16.2. The standard InChI is InChI=1S/C11H13N3O2/c15-11-13-12-10(8-3-1-4-8)14(11)7-9-5-2-6-16-9/h2,5-6,8H,1,3-4,7H2,(H,13,15). The molecule has 0 atom stereocenters. The van der Waals surface area contributed by atoms with E-state index in [2.05, 4.69) is 10.2 Å². The zero-order valence-corrected chi connectivity index (χ0v) is 8.85. The van der Waals surface area contributed by atoms with Crippen LogP contribution < -0.4 is 5.69 Å². The van der Waals surface area contributed by atoms with E-state index in [0.717, 1.165) is 24.4 Å². The molecule has 3 rings (SSSR count). The van der Waals surface area contributed by atoms with Crippen molar-refractivity contribution in [2.75, 3.05) is 0 Å². The van der Waals surface area contributed by atoms with Gasteiger partial charge in [-0.2, -0.15) is 5.10 Å². The van der Waals surface area contributed by atoms with E-state index < -0.39 is 0 Å². The smallest absolute Gasteiger partial charge is 0.343 e. The lowest BCUT2D eigenvalue weighted by Gasteiger charge is -2.24. The van der Waals surface area contributed by atoms with Crippen molar-refractivity contribution in [1.29, 1.82) is 0 Å². The van der Waals surface area contributed by atoms with Gasteiger partial charge in [-0.15, -0.1) is 0 Å². The SMILES string of the molecule is O=c1[nH]nc(C2CCC2)n1Cc1ccco1. The molecule has 1 aliphatic carbocycles. The highest BCUT2D eigenvalue weighted by Crippen LogP contribution is 2.34. The lowest BCUT2D eigenvalue weighted by Crippen LogP contribution is -2.23. The molecule has 0 radical (unpaired) electrons. The van der Waals surface area contributed by atoms with Crippen molar-refractivity contribution >= 4 is 0 Å².